The summed E-state index contributed by atoms with van der Waals surface area (Å²) in [6.07, 6.45) is 2.69. The van der Waals surface area contributed by atoms with Crippen LogP contribution in [0.4, 0.5) is 10.1 Å². The van der Waals surface area contributed by atoms with Crippen molar-refractivity contribution in [3.63, 3.8) is 0 Å². The summed E-state index contributed by atoms with van der Waals surface area (Å²) in [5.41, 5.74) is 2.11. The van der Waals surface area contributed by atoms with E-state index < -0.39 is 4.92 Å². The first-order valence-corrected chi connectivity index (χ1v) is 6.61. The van der Waals surface area contributed by atoms with Crippen LogP contribution >= 0.6 is 0 Å². The lowest BCUT2D eigenvalue weighted by Gasteiger charge is -2.05. The average Bonchev–Trinajstić information content (AvgIpc) is 2.87. The van der Waals surface area contributed by atoms with E-state index in [0.717, 1.165) is 29.4 Å². The van der Waals surface area contributed by atoms with Crippen molar-refractivity contribution in [3.8, 4) is 0 Å². The smallest absolute Gasteiger partial charge is 0.269 e. The monoisotopic (exact) mass is 284 g/mol. The normalized spacial score (nSPS) is 10.9. The summed E-state index contributed by atoms with van der Waals surface area (Å²) in [4.78, 5) is 10.2. The predicted octanol–water partition coefficient (Wildman–Crippen LogP) is 3.93. The van der Waals surface area contributed by atoms with Gasteiger partial charge in [0.1, 0.15) is 5.82 Å². The molecule has 1 heterocycles. The van der Waals surface area contributed by atoms with Crippen LogP contribution in [0.5, 0.6) is 0 Å². The van der Waals surface area contributed by atoms with E-state index in [1.807, 2.05) is 12.3 Å². The molecular weight excluding hydrogens is 271 g/mol. The van der Waals surface area contributed by atoms with Crippen molar-refractivity contribution in [1.82, 2.24) is 4.57 Å². The first-order chi connectivity index (χ1) is 10.1. The maximum atomic E-state index is 13.1. The Morgan fingerprint density at radius 3 is 2.57 bits per heavy atom. The lowest BCUT2D eigenvalue weighted by Crippen LogP contribution is -2.00. The molecule has 2 aromatic carbocycles. The van der Waals surface area contributed by atoms with Gasteiger partial charge in [0.2, 0.25) is 0 Å². The van der Waals surface area contributed by atoms with Crippen molar-refractivity contribution >= 4 is 16.6 Å². The number of nitro benzene ring substituents is 1. The highest BCUT2D eigenvalue weighted by molar-refractivity contribution is 5.80. The second-order valence-electron chi connectivity index (χ2n) is 4.89. The highest BCUT2D eigenvalue weighted by Gasteiger charge is 2.05. The Bertz CT molecular complexity index is 794. The fourth-order valence-corrected chi connectivity index (χ4v) is 2.40. The first kappa shape index (κ1) is 13.3. The van der Waals surface area contributed by atoms with E-state index in [1.165, 1.54) is 24.3 Å². The Balaban J connectivity index is 1.75. The molecule has 0 radical (unpaired) electrons. The molecule has 0 saturated carbocycles. The van der Waals surface area contributed by atoms with Crippen LogP contribution in [-0.4, -0.2) is 9.49 Å². The number of hydrogen-bond acceptors (Lipinski definition) is 2. The van der Waals surface area contributed by atoms with Gasteiger partial charge in [-0.05, 0) is 36.2 Å². The molecule has 3 aromatic rings. The number of benzene rings is 2. The molecule has 0 atom stereocenters. The molecule has 0 saturated heterocycles. The molecule has 0 aliphatic rings. The van der Waals surface area contributed by atoms with Gasteiger partial charge in [-0.15, -0.1) is 0 Å². The van der Waals surface area contributed by atoms with Gasteiger partial charge >= 0.3 is 0 Å². The van der Waals surface area contributed by atoms with Crippen LogP contribution in [0.3, 0.4) is 0 Å². The standard InChI is InChI=1S/C16H13FN2O2/c17-14-3-6-16-13(11-14)8-10-18(16)9-7-12-1-4-15(5-2-12)19(20)21/h1-6,8,10-11H,7,9H2. The van der Waals surface area contributed by atoms with Crippen molar-refractivity contribution in [2.45, 2.75) is 13.0 Å². The molecular formula is C16H13FN2O2. The van der Waals surface area contributed by atoms with Crippen molar-refractivity contribution in [2.75, 3.05) is 0 Å². The van der Waals surface area contributed by atoms with Crippen LogP contribution in [0.1, 0.15) is 5.56 Å². The average molecular weight is 284 g/mol. The molecule has 0 unspecified atom stereocenters. The number of non-ortho nitro benzene ring substituents is 1. The highest BCUT2D eigenvalue weighted by Crippen LogP contribution is 2.18. The molecule has 0 amide bonds. The molecule has 3 rings (SSSR count). The van der Waals surface area contributed by atoms with Crippen molar-refractivity contribution < 1.29 is 9.31 Å². The second kappa shape index (κ2) is 5.36. The second-order valence-corrected chi connectivity index (χ2v) is 4.89. The molecule has 106 valence electrons. The maximum absolute atomic E-state index is 13.1. The lowest BCUT2D eigenvalue weighted by molar-refractivity contribution is -0.384. The number of aromatic nitrogens is 1. The van der Waals surface area contributed by atoms with Crippen LogP contribution in [0.25, 0.3) is 10.9 Å². The fraction of sp³-hybridized carbons (Fsp3) is 0.125. The Hall–Kier alpha value is -2.69. The number of rotatable bonds is 4. The molecule has 21 heavy (non-hydrogen) atoms. The number of nitro groups is 1. The maximum Gasteiger partial charge on any atom is 0.269 e. The number of hydrogen-bond donors (Lipinski definition) is 0. The zero-order valence-corrected chi connectivity index (χ0v) is 11.2. The number of fused-ring (bicyclic) bond motifs is 1. The molecule has 5 heteroatoms. The third-order valence-corrected chi connectivity index (χ3v) is 3.52. The van der Waals surface area contributed by atoms with Crippen LogP contribution in [0, 0.1) is 15.9 Å². The summed E-state index contributed by atoms with van der Waals surface area (Å²) >= 11 is 0. The molecule has 0 fully saturated rings. The summed E-state index contributed by atoms with van der Waals surface area (Å²) in [6, 6.07) is 13.2. The Morgan fingerprint density at radius 2 is 1.86 bits per heavy atom. The van der Waals surface area contributed by atoms with Gasteiger partial charge in [0.15, 0.2) is 0 Å². The fourth-order valence-electron chi connectivity index (χ4n) is 2.40. The van der Waals surface area contributed by atoms with E-state index >= 15 is 0 Å². The Labute approximate surface area is 120 Å². The summed E-state index contributed by atoms with van der Waals surface area (Å²) in [5.74, 6) is -0.240. The van der Waals surface area contributed by atoms with Gasteiger partial charge in [-0.3, -0.25) is 10.1 Å². The number of aryl methyl sites for hydroxylation is 2. The van der Waals surface area contributed by atoms with E-state index in [0.29, 0.717) is 0 Å². The minimum atomic E-state index is -0.405. The summed E-state index contributed by atoms with van der Waals surface area (Å²) in [7, 11) is 0. The van der Waals surface area contributed by atoms with Crippen molar-refractivity contribution in [1.29, 1.82) is 0 Å². The van der Waals surface area contributed by atoms with Crippen LogP contribution in [0.15, 0.2) is 54.7 Å². The topological polar surface area (TPSA) is 48.1 Å². The summed E-state index contributed by atoms with van der Waals surface area (Å²) in [5, 5.41) is 11.5. The van der Waals surface area contributed by atoms with Crippen LogP contribution < -0.4 is 0 Å². The summed E-state index contributed by atoms with van der Waals surface area (Å²) in [6.45, 7) is 0.743. The van der Waals surface area contributed by atoms with Crippen molar-refractivity contribution in [2.24, 2.45) is 0 Å². The highest BCUT2D eigenvalue weighted by atomic mass is 19.1. The van der Waals surface area contributed by atoms with Gasteiger partial charge in [-0.25, -0.2) is 4.39 Å². The quantitative estimate of drug-likeness (QED) is 0.538. The molecule has 0 spiro atoms. The molecule has 0 bridgehead atoms. The Morgan fingerprint density at radius 1 is 1.10 bits per heavy atom. The largest absolute Gasteiger partial charge is 0.347 e. The van der Waals surface area contributed by atoms with Gasteiger partial charge in [-0.1, -0.05) is 12.1 Å². The molecule has 0 aliphatic heterocycles. The summed E-state index contributed by atoms with van der Waals surface area (Å²) < 4.78 is 15.2. The van der Waals surface area contributed by atoms with E-state index in [1.54, 1.807) is 18.2 Å². The third kappa shape index (κ3) is 2.76. The van der Waals surface area contributed by atoms with Gasteiger partial charge in [0, 0.05) is 35.8 Å². The van der Waals surface area contributed by atoms with E-state index in [4.69, 9.17) is 0 Å². The zero-order chi connectivity index (χ0) is 14.8. The molecule has 0 N–H and O–H groups in total. The van der Waals surface area contributed by atoms with Gasteiger partial charge in [0.25, 0.3) is 5.69 Å². The van der Waals surface area contributed by atoms with Gasteiger partial charge < -0.3 is 4.57 Å². The molecule has 4 nitrogen and oxygen atoms in total. The van der Waals surface area contributed by atoms with E-state index in [-0.39, 0.29) is 11.5 Å². The number of nitrogens with zero attached hydrogens (tertiary/aromatic N) is 2. The van der Waals surface area contributed by atoms with Crippen LogP contribution in [-0.2, 0) is 13.0 Å². The molecule has 1 aromatic heterocycles. The van der Waals surface area contributed by atoms with Crippen molar-refractivity contribution in [3.05, 3.63) is 76.2 Å². The van der Waals surface area contributed by atoms with Crippen LogP contribution in [0.2, 0.25) is 0 Å². The molecule has 0 aliphatic carbocycles. The minimum Gasteiger partial charge on any atom is -0.347 e. The Kier molecular flexibility index (Phi) is 3.39. The lowest BCUT2D eigenvalue weighted by atomic mass is 10.1. The van der Waals surface area contributed by atoms with E-state index in [9.17, 15) is 14.5 Å². The van der Waals surface area contributed by atoms with Gasteiger partial charge in [0.05, 0.1) is 4.92 Å². The third-order valence-electron chi connectivity index (χ3n) is 3.52. The van der Waals surface area contributed by atoms with E-state index in [2.05, 4.69) is 4.57 Å². The first-order valence-electron chi connectivity index (χ1n) is 6.61. The number of halogens is 1. The SMILES string of the molecule is O=[N+]([O-])c1ccc(CCn2ccc3cc(F)ccc32)cc1. The van der Waals surface area contributed by atoms with Gasteiger partial charge in [-0.2, -0.15) is 0 Å². The zero-order valence-electron chi connectivity index (χ0n) is 11.2. The predicted molar refractivity (Wildman–Crippen MR) is 78.7 cm³/mol. The minimum absolute atomic E-state index is 0.0978.